The first-order chi connectivity index (χ1) is 15.2. The molecule has 0 aliphatic carbocycles. The molecule has 3 rings (SSSR count). The van der Waals surface area contributed by atoms with Gasteiger partial charge in [0.1, 0.15) is 5.56 Å². The summed E-state index contributed by atoms with van der Waals surface area (Å²) in [5.41, 5.74) is -2.93. The minimum atomic E-state index is -4.67. The maximum atomic E-state index is 13.1. The molecule has 0 saturated carbocycles. The Labute approximate surface area is 179 Å². The first-order valence-electron chi connectivity index (χ1n) is 9.42. The van der Waals surface area contributed by atoms with Crippen LogP contribution in [0.25, 0.3) is 5.69 Å². The Bertz CT molecular complexity index is 1220. The van der Waals surface area contributed by atoms with Gasteiger partial charge in [-0.05, 0) is 35.9 Å². The highest BCUT2D eigenvalue weighted by Gasteiger charge is 2.31. The largest absolute Gasteiger partial charge is 0.416 e. The van der Waals surface area contributed by atoms with Gasteiger partial charge >= 0.3 is 11.9 Å². The monoisotopic (exact) mass is 448 g/mol. The molecule has 168 valence electrons. The van der Waals surface area contributed by atoms with E-state index in [1.807, 2.05) is 0 Å². The maximum Gasteiger partial charge on any atom is 0.416 e. The lowest BCUT2D eigenvalue weighted by Crippen LogP contribution is -2.43. The van der Waals surface area contributed by atoms with Gasteiger partial charge in [-0.1, -0.05) is 6.07 Å². The molecule has 8 nitrogen and oxygen atoms in total. The van der Waals surface area contributed by atoms with Crippen LogP contribution in [0.1, 0.15) is 21.5 Å². The van der Waals surface area contributed by atoms with E-state index in [0.29, 0.717) is 10.6 Å². The van der Waals surface area contributed by atoms with E-state index in [0.717, 1.165) is 28.5 Å². The first-order valence-corrected chi connectivity index (χ1v) is 9.42. The molecule has 0 fully saturated rings. The van der Waals surface area contributed by atoms with Crippen LogP contribution in [0.3, 0.4) is 0 Å². The van der Waals surface area contributed by atoms with Crippen LogP contribution in [0.4, 0.5) is 13.2 Å². The van der Waals surface area contributed by atoms with Crippen molar-refractivity contribution in [3.05, 3.63) is 92.5 Å². The number of hydrogen-bond acceptors (Lipinski definition) is 5. The molecule has 1 N–H and O–H groups in total. The maximum absolute atomic E-state index is 13.1. The normalized spacial score (nSPS) is 11.4. The van der Waals surface area contributed by atoms with E-state index in [-0.39, 0.29) is 25.4 Å². The van der Waals surface area contributed by atoms with Crippen molar-refractivity contribution in [3.63, 3.8) is 0 Å². The average molecular weight is 448 g/mol. The molecule has 0 saturated heterocycles. The van der Waals surface area contributed by atoms with Crippen molar-refractivity contribution in [2.24, 2.45) is 0 Å². The highest BCUT2D eigenvalue weighted by Crippen LogP contribution is 2.29. The molecule has 1 amide bonds. The highest BCUT2D eigenvalue weighted by atomic mass is 19.4. The summed E-state index contributed by atoms with van der Waals surface area (Å²) in [4.78, 5) is 42.4. The van der Waals surface area contributed by atoms with Crippen LogP contribution in [-0.2, 0) is 24.0 Å². The molecule has 32 heavy (non-hydrogen) atoms. The zero-order valence-electron chi connectivity index (χ0n) is 16.9. The topological polar surface area (TPSA) is 95.2 Å². The van der Waals surface area contributed by atoms with Crippen LogP contribution >= 0.6 is 0 Å². The van der Waals surface area contributed by atoms with Gasteiger partial charge in [0.2, 0.25) is 0 Å². The van der Waals surface area contributed by atoms with Gasteiger partial charge in [-0.3, -0.25) is 19.1 Å². The van der Waals surface area contributed by atoms with Crippen molar-refractivity contribution >= 4 is 5.91 Å². The number of hydrogen-bond donors (Lipinski definition) is 1. The van der Waals surface area contributed by atoms with Crippen LogP contribution in [0.2, 0.25) is 0 Å². The fourth-order valence-corrected chi connectivity index (χ4v) is 2.93. The number of carbonyl (C=O) groups is 1. The average Bonchev–Trinajstić information content (AvgIpc) is 2.77. The van der Waals surface area contributed by atoms with Gasteiger partial charge in [-0.2, -0.15) is 13.2 Å². The molecule has 3 aromatic rings. The van der Waals surface area contributed by atoms with Crippen LogP contribution in [0, 0.1) is 0 Å². The second kappa shape index (κ2) is 9.60. The van der Waals surface area contributed by atoms with Crippen LogP contribution in [0.5, 0.6) is 0 Å². The molecule has 0 bridgehead atoms. The number of ether oxygens (including phenoxy) is 1. The summed E-state index contributed by atoms with van der Waals surface area (Å²) in [6, 6.07) is 7.11. The number of benzene rings is 1. The number of aromatic nitrogens is 3. The predicted molar refractivity (Wildman–Crippen MR) is 109 cm³/mol. The summed E-state index contributed by atoms with van der Waals surface area (Å²) in [5.74, 6) is -0.779. The number of rotatable bonds is 7. The van der Waals surface area contributed by atoms with Gasteiger partial charge in [0.25, 0.3) is 11.5 Å². The fourth-order valence-electron chi connectivity index (χ4n) is 2.93. The molecule has 2 heterocycles. The Morgan fingerprint density at radius 2 is 1.88 bits per heavy atom. The van der Waals surface area contributed by atoms with Gasteiger partial charge in [0, 0.05) is 32.2 Å². The summed E-state index contributed by atoms with van der Waals surface area (Å²) in [7, 11) is 1.40. The number of nitrogens with zero attached hydrogens (tertiary/aromatic N) is 3. The van der Waals surface area contributed by atoms with Crippen molar-refractivity contribution in [1.29, 1.82) is 0 Å². The van der Waals surface area contributed by atoms with Gasteiger partial charge in [-0.15, -0.1) is 0 Å². The number of nitrogens with one attached hydrogen (secondary N) is 1. The van der Waals surface area contributed by atoms with E-state index < -0.39 is 34.5 Å². The zero-order valence-corrected chi connectivity index (χ0v) is 16.9. The van der Waals surface area contributed by atoms with E-state index in [1.165, 1.54) is 25.6 Å². The van der Waals surface area contributed by atoms with E-state index >= 15 is 0 Å². The Kier molecular flexibility index (Phi) is 6.89. The number of carbonyl (C=O) groups excluding carboxylic acids is 1. The molecule has 2 aromatic heterocycles. The van der Waals surface area contributed by atoms with Gasteiger partial charge in [-0.25, -0.2) is 9.36 Å². The Balaban J connectivity index is 2.08. The SMILES string of the molecule is COCCn1cc(C(=O)NCc2ccncc2)c(=O)n(-c2cccc(C(F)(F)F)c2)c1=O. The van der Waals surface area contributed by atoms with E-state index in [4.69, 9.17) is 4.74 Å². The van der Waals surface area contributed by atoms with Crippen molar-refractivity contribution in [1.82, 2.24) is 19.4 Å². The van der Waals surface area contributed by atoms with Crippen molar-refractivity contribution in [3.8, 4) is 5.69 Å². The van der Waals surface area contributed by atoms with Crippen LogP contribution < -0.4 is 16.6 Å². The summed E-state index contributed by atoms with van der Waals surface area (Å²) in [6.07, 6.45) is -0.524. The Hall–Kier alpha value is -3.73. The molecule has 0 aliphatic rings. The third-order valence-corrected chi connectivity index (χ3v) is 4.57. The summed E-state index contributed by atoms with van der Waals surface area (Å²) in [6.45, 7) is 0.152. The Morgan fingerprint density at radius 3 is 2.53 bits per heavy atom. The van der Waals surface area contributed by atoms with Crippen LogP contribution in [0.15, 0.2) is 64.6 Å². The van der Waals surface area contributed by atoms with Gasteiger partial charge < -0.3 is 10.1 Å². The molecule has 0 aliphatic heterocycles. The summed E-state index contributed by atoms with van der Waals surface area (Å²) in [5, 5.41) is 2.57. The molecule has 0 radical (unpaired) electrons. The molecular weight excluding hydrogens is 429 g/mol. The number of alkyl halides is 3. The van der Waals surface area contributed by atoms with Crippen LogP contribution in [-0.4, -0.2) is 33.7 Å². The van der Waals surface area contributed by atoms with Gasteiger partial charge in [0.05, 0.1) is 24.4 Å². The van der Waals surface area contributed by atoms with E-state index in [2.05, 4.69) is 10.3 Å². The second-order valence-corrected chi connectivity index (χ2v) is 6.74. The summed E-state index contributed by atoms with van der Waals surface area (Å²) >= 11 is 0. The number of methoxy groups -OCH3 is 1. The summed E-state index contributed by atoms with van der Waals surface area (Å²) < 4.78 is 46.0. The lowest BCUT2D eigenvalue weighted by molar-refractivity contribution is -0.137. The first kappa shape index (κ1) is 22.9. The molecule has 0 unspecified atom stereocenters. The minimum Gasteiger partial charge on any atom is -0.383 e. The molecular formula is C21H19F3N4O4. The molecule has 0 spiro atoms. The molecule has 11 heteroatoms. The van der Waals surface area contributed by atoms with Crippen molar-refractivity contribution in [2.45, 2.75) is 19.3 Å². The quantitative estimate of drug-likeness (QED) is 0.597. The highest BCUT2D eigenvalue weighted by molar-refractivity contribution is 5.93. The number of amides is 1. The predicted octanol–water partition coefficient (Wildman–Crippen LogP) is 1.99. The number of pyridine rings is 1. The van der Waals surface area contributed by atoms with E-state index in [1.54, 1.807) is 12.1 Å². The standard InChI is InChI=1S/C21H19F3N4O4/c1-32-10-9-27-13-17(18(29)26-12-14-5-7-25-8-6-14)19(30)28(20(27)31)16-4-2-3-15(11-16)21(22,23)24/h2-8,11,13H,9-10,12H2,1H3,(H,26,29). The minimum absolute atomic E-state index is 0.0147. The van der Waals surface area contributed by atoms with Crippen molar-refractivity contribution in [2.75, 3.05) is 13.7 Å². The van der Waals surface area contributed by atoms with E-state index in [9.17, 15) is 27.6 Å². The molecule has 0 atom stereocenters. The number of halogens is 3. The Morgan fingerprint density at radius 1 is 1.16 bits per heavy atom. The zero-order chi connectivity index (χ0) is 23.3. The third kappa shape index (κ3) is 5.11. The second-order valence-electron chi connectivity index (χ2n) is 6.74. The fraction of sp³-hybridized carbons (Fsp3) is 0.238. The smallest absolute Gasteiger partial charge is 0.383 e. The molecule has 1 aromatic carbocycles. The third-order valence-electron chi connectivity index (χ3n) is 4.57. The van der Waals surface area contributed by atoms with Gasteiger partial charge in [0.15, 0.2) is 0 Å². The lowest BCUT2D eigenvalue weighted by Gasteiger charge is -2.14. The lowest BCUT2D eigenvalue weighted by atomic mass is 10.2. The van der Waals surface area contributed by atoms with Crippen molar-refractivity contribution < 1.29 is 22.7 Å².